The standard InChI is InChI=1S/C14H14FN3O3S2/c15-23(20,21)8-9-5-13(19)18(6-9)14-17-12(7-22-14)10-1-3-11(16)4-2-10/h1-4,7,9H,5-6,8,16H2. The molecule has 0 radical (unpaired) electrons. The van der Waals surface area contributed by atoms with Gasteiger partial charge >= 0.3 is 10.2 Å². The third-order valence-electron chi connectivity index (χ3n) is 3.57. The number of anilines is 2. The van der Waals surface area contributed by atoms with Crippen molar-refractivity contribution >= 4 is 38.3 Å². The fourth-order valence-electron chi connectivity index (χ4n) is 2.53. The van der Waals surface area contributed by atoms with E-state index in [1.54, 1.807) is 12.1 Å². The van der Waals surface area contributed by atoms with Crippen molar-refractivity contribution in [2.75, 3.05) is 22.9 Å². The van der Waals surface area contributed by atoms with Crippen molar-refractivity contribution < 1.29 is 17.1 Å². The molecule has 1 fully saturated rings. The average molecular weight is 355 g/mol. The second kappa shape index (κ2) is 5.89. The number of hydrogen-bond acceptors (Lipinski definition) is 6. The number of amides is 1. The smallest absolute Gasteiger partial charge is 0.302 e. The zero-order valence-electron chi connectivity index (χ0n) is 12.0. The Hall–Kier alpha value is -2.00. The molecular formula is C14H14FN3O3S2. The number of nitrogens with two attached hydrogens (primary N) is 1. The summed E-state index contributed by atoms with van der Waals surface area (Å²) < 4.78 is 34.2. The van der Waals surface area contributed by atoms with E-state index in [0.29, 0.717) is 16.5 Å². The van der Waals surface area contributed by atoms with Crippen LogP contribution in [0.4, 0.5) is 14.7 Å². The molecule has 0 bridgehead atoms. The van der Waals surface area contributed by atoms with Crippen LogP contribution in [0, 0.1) is 5.92 Å². The molecule has 0 aliphatic carbocycles. The van der Waals surface area contributed by atoms with Gasteiger partial charge in [-0.15, -0.1) is 15.2 Å². The lowest BCUT2D eigenvalue weighted by Gasteiger charge is -2.12. The monoisotopic (exact) mass is 355 g/mol. The Morgan fingerprint density at radius 1 is 1.35 bits per heavy atom. The number of nitrogens with zero attached hydrogens (tertiary/aromatic N) is 2. The minimum atomic E-state index is -4.59. The van der Waals surface area contributed by atoms with Gasteiger partial charge in [-0.2, -0.15) is 8.42 Å². The van der Waals surface area contributed by atoms with Crippen LogP contribution in [0.1, 0.15) is 6.42 Å². The highest BCUT2D eigenvalue weighted by molar-refractivity contribution is 7.86. The molecule has 23 heavy (non-hydrogen) atoms. The molecular weight excluding hydrogens is 341 g/mol. The Labute approximate surface area is 137 Å². The van der Waals surface area contributed by atoms with E-state index >= 15 is 0 Å². The molecule has 1 aromatic carbocycles. The third kappa shape index (κ3) is 3.67. The highest BCUT2D eigenvalue weighted by Crippen LogP contribution is 2.32. The van der Waals surface area contributed by atoms with Crippen molar-refractivity contribution in [1.82, 2.24) is 4.98 Å². The predicted octanol–water partition coefficient (Wildman–Crippen LogP) is 2.04. The summed E-state index contributed by atoms with van der Waals surface area (Å²) in [5.74, 6) is -1.41. The van der Waals surface area contributed by atoms with Crippen LogP contribution in [-0.4, -0.2) is 31.6 Å². The van der Waals surface area contributed by atoms with Gasteiger partial charge in [0.25, 0.3) is 0 Å². The van der Waals surface area contributed by atoms with E-state index in [-0.39, 0.29) is 18.9 Å². The van der Waals surface area contributed by atoms with Crippen LogP contribution in [0.5, 0.6) is 0 Å². The Bertz CT molecular complexity index is 833. The van der Waals surface area contributed by atoms with E-state index in [4.69, 9.17) is 5.73 Å². The van der Waals surface area contributed by atoms with E-state index in [0.717, 1.165) is 5.56 Å². The molecule has 1 unspecified atom stereocenters. The summed E-state index contributed by atoms with van der Waals surface area (Å²) in [6, 6.07) is 7.19. The van der Waals surface area contributed by atoms with E-state index in [1.165, 1.54) is 16.2 Å². The average Bonchev–Trinajstić information content (AvgIpc) is 3.04. The molecule has 9 heteroatoms. The Morgan fingerprint density at radius 2 is 2.04 bits per heavy atom. The van der Waals surface area contributed by atoms with Crippen molar-refractivity contribution in [3.05, 3.63) is 29.6 Å². The number of aromatic nitrogens is 1. The first kappa shape index (κ1) is 15.9. The maximum atomic E-state index is 12.8. The molecule has 1 saturated heterocycles. The SMILES string of the molecule is Nc1ccc(-c2csc(N3CC(CS(=O)(=O)F)CC3=O)n2)cc1. The summed E-state index contributed by atoms with van der Waals surface area (Å²) in [7, 11) is -4.59. The molecule has 6 nitrogen and oxygen atoms in total. The molecule has 2 heterocycles. The van der Waals surface area contributed by atoms with Crippen LogP contribution < -0.4 is 10.6 Å². The molecule has 0 saturated carbocycles. The minimum absolute atomic E-state index is 0.0138. The van der Waals surface area contributed by atoms with Gasteiger partial charge in [-0.05, 0) is 12.1 Å². The van der Waals surface area contributed by atoms with E-state index in [1.807, 2.05) is 17.5 Å². The van der Waals surface area contributed by atoms with Crippen LogP contribution in [-0.2, 0) is 15.0 Å². The van der Waals surface area contributed by atoms with Crippen molar-refractivity contribution in [1.29, 1.82) is 0 Å². The summed E-state index contributed by atoms with van der Waals surface area (Å²) in [6.45, 7) is 0.163. The molecule has 1 atom stereocenters. The van der Waals surface area contributed by atoms with Crippen LogP contribution in [0.15, 0.2) is 29.6 Å². The van der Waals surface area contributed by atoms with Gasteiger partial charge in [0.1, 0.15) is 0 Å². The number of rotatable bonds is 4. The lowest BCUT2D eigenvalue weighted by atomic mass is 10.1. The van der Waals surface area contributed by atoms with Crippen molar-refractivity contribution in [2.24, 2.45) is 5.92 Å². The fourth-order valence-corrected chi connectivity index (χ4v) is 4.18. The van der Waals surface area contributed by atoms with Crippen LogP contribution in [0.25, 0.3) is 11.3 Å². The summed E-state index contributed by atoms with van der Waals surface area (Å²) in [5.41, 5.74) is 7.87. The Morgan fingerprint density at radius 3 is 2.70 bits per heavy atom. The summed E-state index contributed by atoms with van der Waals surface area (Å²) in [5, 5.41) is 2.30. The molecule has 1 amide bonds. The first-order valence-electron chi connectivity index (χ1n) is 6.86. The number of carbonyl (C=O) groups excluding carboxylic acids is 1. The van der Waals surface area contributed by atoms with Crippen LogP contribution >= 0.6 is 11.3 Å². The van der Waals surface area contributed by atoms with E-state index in [2.05, 4.69) is 4.98 Å². The topological polar surface area (TPSA) is 93.4 Å². The van der Waals surface area contributed by atoms with Crippen LogP contribution in [0.2, 0.25) is 0 Å². The second-order valence-corrected chi connectivity index (χ2v) is 7.66. The number of carbonyl (C=O) groups is 1. The molecule has 2 N–H and O–H groups in total. The third-order valence-corrected chi connectivity index (χ3v) is 5.30. The first-order valence-corrected chi connectivity index (χ1v) is 9.29. The summed E-state index contributed by atoms with van der Waals surface area (Å²) in [4.78, 5) is 17.9. The van der Waals surface area contributed by atoms with Gasteiger partial charge < -0.3 is 5.73 Å². The minimum Gasteiger partial charge on any atom is -0.399 e. The molecule has 1 aliphatic heterocycles. The van der Waals surface area contributed by atoms with Crippen molar-refractivity contribution in [2.45, 2.75) is 6.42 Å². The lowest BCUT2D eigenvalue weighted by molar-refractivity contribution is -0.117. The van der Waals surface area contributed by atoms with E-state index in [9.17, 15) is 17.1 Å². The normalized spacial score (nSPS) is 18.6. The second-order valence-electron chi connectivity index (χ2n) is 5.42. The van der Waals surface area contributed by atoms with Gasteiger partial charge in [-0.3, -0.25) is 9.69 Å². The maximum Gasteiger partial charge on any atom is 0.302 e. The fraction of sp³-hybridized carbons (Fsp3) is 0.286. The number of halogens is 1. The highest BCUT2D eigenvalue weighted by atomic mass is 32.3. The van der Waals surface area contributed by atoms with Gasteiger partial charge in [0.05, 0.1) is 11.4 Å². The first-order chi connectivity index (χ1) is 10.8. The predicted molar refractivity (Wildman–Crippen MR) is 87.3 cm³/mol. The van der Waals surface area contributed by atoms with Gasteiger partial charge in [0, 0.05) is 35.5 Å². The Balaban J connectivity index is 1.78. The van der Waals surface area contributed by atoms with Gasteiger partial charge in [-0.1, -0.05) is 12.1 Å². The number of hydrogen-bond donors (Lipinski definition) is 1. The summed E-state index contributed by atoms with van der Waals surface area (Å²) >= 11 is 1.29. The largest absolute Gasteiger partial charge is 0.399 e. The van der Waals surface area contributed by atoms with E-state index < -0.39 is 21.9 Å². The molecule has 2 aromatic rings. The summed E-state index contributed by atoms with van der Waals surface area (Å²) in [6.07, 6.45) is 0.0138. The number of nitrogen functional groups attached to an aromatic ring is 1. The van der Waals surface area contributed by atoms with Gasteiger partial charge in [0.15, 0.2) is 5.13 Å². The molecule has 0 spiro atoms. The van der Waals surface area contributed by atoms with Gasteiger partial charge in [-0.25, -0.2) is 4.98 Å². The molecule has 122 valence electrons. The van der Waals surface area contributed by atoms with Crippen molar-refractivity contribution in [3.8, 4) is 11.3 Å². The number of thiazole rings is 1. The number of benzene rings is 1. The van der Waals surface area contributed by atoms with Gasteiger partial charge in [0.2, 0.25) is 5.91 Å². The zero-order chi connectivity index (χ0) is 16.6. The molecule has 1 aliphatic rings. The zero-order valence-corrected chi connectivity index (χ0v) is 13.6. The quantitative estimate of drug-likeness (QED) is 0.669. The molecule has 3 rings (SSSR count). The lowest BCUT2D eigenvalue weighted by Crippen LogP contribution is -2.25. The van der Waals surface area contributed by atoms with Crippen LogP contribution in [0.3, 0.4) is 0 Å². The van der Waals surface area contributed by atoms with Crippen molar-refractivity contribution in [3.63, 3.8) is 0 Å². The molecule has 1 aromatic heterocycles. The Kier molecular flexibility index (Phi) is 4.07. The highest BCUT2D eigenvalue weighted by Gasteiger charge is 2.35. The maximum absolute atomic E-state index is 12.8.